The number of hydrogen-bond acceptors (Lipinski definition) is 3. The van der Waals surface area contributed by atoms with Crippen molar-refractivity contribution < 1.29 is 9.84 Å². The van der Waals surface area contributed by atoms with Crippen LogP contribution in [-0.4, -0.2) is 25.3 Å². The molecule has 3 nitrogen and oxygen atoms in total. The van der Waals surface area contributed by atoms with Gasteiger partial charge < -0.3 is 14.7 Å². The van der Waals surface area contributed by atoms with Crippen molar-refractivity contribution in [2.75, 3.05) is 25.1 Å². The van der Waals surface area contributed by atoms with E-state index < -0.39 is 6.10 Å². The summed E-state index contributed by atoms with van der Waals surface area (Å²) in [6.45, 7) is 2.36. The van der Waals surface area contributed by atoms with Crippen LogP contribution in [0.3, 0.4) is 0 Å². The summed E-state index contributed by atoms with van der Waals surface area (Å²) in [5.74, 6) is 0.817. The van der Waals surface area contributed by atoms with Gasteiger partial charge in [0.1, 0.15) is 11.9 Å². The van der Waals surface area contributed by atoms with Gasteiger partial charge in [-0.2, -0.15) is 0 Å². The van der Waals surface area contributed by atoms with E-state index in [0.717, 1.165) is 29.7 Å². The lowest BCUT2D eigenvalue weighted by atomic mass is 9.88. The van der Waals surface area contributed by atoms with Gasteiger partial charge >= 0.3 is 0 Å². The second-order valence-electron chi connectivity index (χ2n) is 6.56. The molecule has 0 aliphatic carbocycles. The Kier molecular flexibility index (Phi) is 3.74. The Morgan fingerprint density at radius 1 is 0.957 bits per heavy atom. The summed E-state index contributed by atoms with van der Waals surface area (Å²) in [4.78, 5) is 2.53. The van der Waals surface area contributed by atoms with Gasteiger partial charge in [-0.05, 0) is 60.1 Å². The molecular weight excluding hydrogens is 286 g/mol. The lowest BCUT2D eigenvalue weighted by Crippen LogP contribution is -2.34. The molecule has 120 valence electrons. The van der Waals surface area contributed by atoms with Gasteiger partial charge in [0.25, 0.3) is 0 Å². The first-order chi connectivity index (χ1) is 11.3. The molecule has 0 radical (unpaired) electrons. The lowest BCUT2D eigenvalue weighted by Gasteiger charge is -2.37. The largest absolute Gasteiger partial charge is 0.497 e. The SMILES string of the molecule is COc1ccc(C(O)c2cc3c4c(c2)CCCN4CCC3)cc1. The molecule has 1 atom stereocenters. The van der Waals surface area contributed by atoms with Crippen LogP contribution >= 0.6 is 0 Å². The van der Waals surface area contributed by atoms with Gasteiger partial charge in [-0.25, -0.2) is 0 Å². The molecule has 0 saturated heterocycles. The van der Waals surface area contributed by atoms with Crippen molar-refractivity contribution >= 4 is 5.69 Å². The number of rotatable bonds is 3. The summed E-state index contributed by atoms with van der Waals surface area (Å²) < 4.78 is 5.20. The van der Waals surface area contributed by atoms with Gasteiger partial charge in [-0.1, -0.05) is 24.3 Å². The van der Waals surface area contributed by atoms with Gasteiger partial charge in [0, 0.05) is 18.8 Å². The standard InChI is InChI=1S/C20H23NO2/c1-23-18-8-6-14(7-9-18)20(22)17-12-15-4-2-10-21-11-3-5-16(13-17)19(15)21/h6-9,12-13,20,22H,2-5,10-11H2,1H3. The molecule has 2 aliphatic rings. The highest BCUT2D eigenvalue weighted by atomic mass is 16.5. The zero-order valence-corrected chi connectivity index (χ0v) is 13.6. The number of hydrogen-bond donors (Lipinski definition) is 1. The zero-order valence-electron chi connectivity index (χ0n) is 13.6. The first-order valence-electron chi connectivity index (χ1n) is 8.49. The summed E-state index contributed by atoms with van der Waals surface area (Å²) in [5, 5.41) is 10.8. The Morgan fingerprint density at radius 2 is 1.57 bits per heavy atom. The molecule has 4 rings (SSSR count). The van der Waals surface area contributed by atoms with Crippen LogP contribution in [0.15, 0.2) is 36.4 Å². The maximum atomic E-state index is 10.8. The summed E-state index contributed by atoms with van der Waals surface area (Å²) >= 11 is 0. The van der Waals surface area contributed by atoms with E-state index in [-0.39, 0.29) is 0 Å². The van der Waals surface area contributed by atoms with Gasteiger partial charge in [0.2, 0.25) is 0 Å². The third-order valence-corrected chi connectivity index (χ3v) is 5.10. The van der Waals surface area contributed by atoms with E-state index in [9.17, 15) is 5.11 Å². The highest BCUT2D eigenvalue weighted by molar-refractivity contribution is 5.64. The summed E-state index contributed by atoms with van der Waals surface area (Å²) in [6.07, 6.45) is 4.12. The van der Waals surface area contributed by atoms with Crippen LogP contribution in [0.25, 0.3) is 0 Å². The number of aliphatic hydroxyl groups excluding tert-OH is 1. The van der Waals surface area contributed by atoms with Crippen molar-refractivity contribution in [2.45, 2.75) is 31.8 Å². The Hall–Kier alpha value is -2.00. The molecule has 0 aromatic heterocycles. The normalized spacial score (nSPS) is 17.6. The molecule has 2 aromatic rings. The van der Waals surface area contributed by atoms with E-state index in [1.807, 2.05) is 24.3 Å². The fraction of sp³-hybridized carbons (Fsp3) is 0.400. The molecule has 2 heterocycles. The highest BCUT2D eigenvalue weighted by Crippen LogP contribution is 2.38. The molecule has 3 heteroatoms. The first kappa shape index (κ1) is 14.6. The minimum absolute atomic E-state index is 0.570. The molecule has 0 spiro atoms. The van der Waals surface area contributed by atoms with Crippen LogP contribution in [0, 0.1) is 0 Å². The lowest BCUT2D eigenvalue weighted by molar-refractivity contribution is 0.220. The van der Waals surface area contributed by atoms with Crippen molar-refractivity contribution in [2.24, 2.45) is 0 Å². The predicted octanol–water partition coefficient (Wildman–Crippen LogP) is 3.48. The summed E-state index contributed by atoms with van der Waals surface area (Å²) in [6, 6.07) is 12.1. The van der Waals surface area contributed by atoms with Crippen molar-refractivity contribution in [3.05, 3.63) is 58.7 Å². The molecule has 1 N–H and O–H groups in total. The molecular formula is C20H23NO2. The second-order valence-corrected chi connectivity index (χ2v) is 6.56. The molecule has 2 aromatic carbocycles. The Balaban J connectivity index is 1.71. The van der Waals surface area contributed by atoms with Gasteiger partial charge in [-0.3, -0.25) is 0 Å². The van der Waals surface area contributed by atoms with Gasteiger partial charge in [0.15, 0.2) is 0 Å². The van der Waals surface area contributed by atoms with Crippen molar-refractivity contribution in [1.82, 2.24) is 0 Å². The molecule has 1 unspecified atom stereocenters. The van der Waals surface area contributed by atoms with Crippen molar-refractivity contribution in [3.8, 4) is 5.75 Å². The van der Waals surface area contributed by atoms with E-state index >= 15 is 0 Å². The molecule has 0 fully saturated rings. The minimum atomic E-state index is -0.570. The smallest absolute Gasteiger partial charge is 0.118 e. The van der Waals surface area contributed by atoms with E-state index in [0.29, 0.717) is 0 Å². The number of ether oxygens (including phenoxy) is 1. The van der Waals surface area contributed by atoms with Crippen LogP contribution in [0.2, 0.25) is 0 Å². The van der Waals surface area contributed by atoms with Crippen LogP contribution in [0.4, 0.5) is 5.69 Å². The van der Waals surface area contributed by atoms with Crippen molar-refractivity contribution in [3.63, 3.8) is 0 Å². The third-order valence-electron chi connectivity index (χ3n) is 5.10. The number of aryl methyl sites for hydroxylation is 2. The fourth-order valence-electron chi connectivity index (χ4n) is 3.97. The van der Waals surface area contributed by atoms with E-state index in [4.69, 9.17) is 4.74 Å². The number of nitrogens with zero attached hydrogens (tertiary/aromatic N) is 1. The Morgan fingerprint density at radius 3 is 2.13 bits per heavy atom. The van der Waals surface area contributed by atoms with Crippen LogP contribution in [-0.2, 0) is 12.8 Å². The molecule has 2 aliphatic heterocycles. The first-order valence-corrected chi connectivity index (χ1v) is 8.49. The molecule has 0 bridgehead atoms. The number of benzene rings is 2. The van der Waals surface area contributed by atoms with Crippen molar-refractivity contribution in [1.29, 1.82) is 0 Å². The quantitative estimate of drug-likeness (QED) is 0.942. The fourth-order valence-corrected chi connectivity index (χ4v) is 3.97. The number of aliphatic hydroxyl groups is 1. The molecule has 23 heavy (non-hydrogen) atoms. The third kappa shape index (κ3) is 2.59. The summed E-state index contributed by atoms with van der Waals surface area (Å²) in [7, 11) is 1.66. The minimum Gasteiger partial charge on any atom is -0.497 e. The zero-order chi connectivity index (χ0) is 15.8. The maximum absolute atomic E-state index is 10.8. The van der Waals surface area contributed by atoms with Crippen LogP contribution in [0.1, 0.15) is 41.2 Å². The number of anilines is 1. The monoisotopic (exact) mass is 309 g/mol. The Bertz CT molecular complexity index is 677. The average Bonchev–Trinajstić information content (AvgIpc) is 2.61. The topological polar surface area (TPSA) is 32.7 Å². The Labute approximate surface area is 137 Å². The second kappa shape index (κ2) is 5.89. The van der Waals surface area contributed by atoms with Gasteiger partial charge in [-0.15, -0.1) is 0 Å². The predicted molar refractivity (Wildman–Crippen MR) is 92.4 cm³/mol. The van der Waals surface area contributed by atoms with Crippen LogP contribution < -0.4 is 9.64 Å². The van der Waals surface area contributed by atoms with Gasteiger partial charge in [0.05, 0.1) is 7.11 Å². The van der Waals surface area contributed by atoms with E-state index in [2.05, 4.69) is 17.0 Å². The maximum Gasteiger partial charge on any atom is 0.118 e. The number of methoxy groups -OCH3 is 1. The van der Waals surface area contributed by atoms with E-state index in [1.54, 1.807) is 7.11 Å². The molecule has 0 amide bonds. The van der Waals surface area contributed by atoms with Crippen LogP contribution in [0.5, 0.6) is 5.75 Å². The average molecular weight is 309 g/mol. The molecule has 0 saturated carbocycles. The highest BCUT2D eigenvalue weighted by Gasteiger charge is 2.25. The van der Waals surface area contributed by atoms with E-state index in [1.165, 1.54) is 42.7 Å². The summed E-state index contributed by atoms with van der Waals surface area (Å²) in [5.41, 5.74) is 6.22.